The molecule has 2 aromatic carbocycles. The first-order valence-electron chi connectivity index (χ1n) is 7.69. The van der Waals surface area contributed by atoms with Gasteiger partial charge in [0.25, 0.3) is 0 Å². The molecule has 0 fully saturated rings. The quantitative estimate of drug-likeness (QED) is 0.794. The van der Waals surface area contributed by atoms with Crippen molar-refractivity contribution < 1.29 is 14.3 Å². The first kappa shape index (κ1) is 14.6. The molecule has 0 unspecified atom stereocenters. The van der Waals surface area contributed by atoms with Crippen LogP contribution in [0, 0.1) is 0 Å². The second kappa shape index (κ2) is 6.65. The van der Waals surface area contributed by atoms with Crippen LogP contribution in [0.15, 0.2) is 42.5 Å². The first-order chi connectivity index (χ1) is 10.8. The molecule has 0 saturated carbocycles. The fourth-order valence-electron chi connectivity index (χ4n) is 2.81. The van der Waals surface area contributed by atoms with Gasteiger partial charge in [-0.05, 0) is 42.5 Å². The molecule has 0 atom stereocenters. The molecule has 0 N–H and O–H groups in total. The molecule has 0 spiro atoms. The van der Waals surface area contributed by atoms with Crippen molar-refractivity contribution in [3.05, 3.63) is 59.2 Å². The standard InChI is InChI=1S/C19H20O3/c1-21-18-12-16-15(9-5-6-10-17(16)20)11-19(18)22-13-14-7-3-2-4-8-14/h2-4,7-8,11-12H,5-6,9-10,13H2,1H3. The third kappa shape index (κ3) is 3.14. The van der Waals surface area contributed by atoms with E-state index in [1.165, 1.54) is 0 Å². The minimum atomic E-state index is 0.209. The second-order valence-electron chi connectivity index (χ2n) is 5.56. The van der Waals surface area contributed by atoms with Crippen LogP contribution in [0.2, 0.25) is 0 Å². The van der Waals surface area contributed by atoms with Crippen LogP contribution in [0.4, 0.5) is 0 Å². The minimum absolute atomic E-state index is 0.209. The number of benzene rings is 2. The Labute approximate surface area is 130 Å². The fourth-order valence-corrected chi connectivity index (χ4v) is 2.81. The third-order valence-electron chi connectivity index (χ3n) is 4.03. The van der Waals surface area contributed by atoms with E-state index >= 15 is 0 Å². The van der Waals surface area contributed by atoms with Crippen molar-refractivity contribution >= 4 is 5.78 Å². The molecule has 22 heavy (non-hydrogen) atoms. The smallest absolute Gasteiger partial charge is 0.163 e. The topological polar surface area (TPSA) is 35.5 Å². The van der Waals surface area contributed by atoms with Gasteiger partial charge in [-0.2, -0.15) is 0 Å². The van der Waals surface area contributed by atoms with E-state index < -0.39 is 0 Å². The van der Waals surface area contributed by atoms with E-state index in [-0.39, 0.29) is 5.78 Å². The lowest BCUT2D eigenvalue weighted by Crippen LogP contribution is -2.04. The van der Waals surface area contributed by atoms with Crippen LogP contribution in [0.25, 0.3) is 0 Å². The number of Topliss-reactive ketones (excluding diaryl/α,β-unsaturated/α-hetero) is 1. The lowest BCUT2D eigenvalue weighted by Gasteiger charge is -2.14. The summed E-state index contributed by atoms with van der Waals surface area (Å²) in [5.74, 6) is 1.55. The van der Waals surface area contributed by atoms with Gasteiger partial charge in [0.15, 0.2) is 17.3 Å². The van der Waals surface area contributed by atoms with Crippen LogP contribution in [0.3, 0.4) is 0 Å². The monoisotopic (exact) mass is 296 g/mol. The zero-order valence-corrected chi connectivity index (χ0v) is 12.8. The number of hydrogen-bond donors (Lipinski definition) is 0. The maximum absolute atomic E-state index is 12.2. The summed E-state index contributed by atoms with van der Waals surface area (Å²) in [4.78, 5) is 12.2. The van der Waals surface area contributed by atoms with Gasteiger partial charge in [-0.25, -0.2) is 0 Å². The average Bonchev–Trinajstić information content (AvgIpc) is 2.74. The number of hydrogen-bond acceptors (Lipinski definition) is 3. The molecule has 0 amide bonds. The van der Waals surface area contributed by atoms with E-state index in [9.17, 15) is 4.79 Å². The molecule has 0 saturated heterocycles. The Hall–Kier alpha value is -2.29. The van der Waals surface area contributed by atoms with Gasteiger partial charge in [-0.1, -0.05) is 30.3 Å². The summed E-state index contributed by atoms with van der Waals surface area (Å²) in [7, 11) is 1.61. The SMILES string of the molecule is COc1cc2c(cc1OCc1ccccc1)CCCCC2=O. The number of carbonyl (C=O) groups excluding carboxylic acids is 1. The van der Waals surface area contributed by atoms with E-state index in [1.54, 1.807) is 7.11 Å². The van der Waals surface area contributed by atoms with Crippen molar-refractivity contribution in [3.8, 4) is 11.5 Å². The van der Waals surface area contributed by atoms with Crippen LogP contribution in [-0.2, 0) is 13.0 Å². The third-order valence-corrected chi connectivity index (χ3v) is 4.03. The lowest BCUT2D eigenvalue weighted by molar-refractivity contribution is 0.0981. The van der Waals surface area contributed by atoms with Crippen LogP contribution < -0.4 is 9.47 Å². The molecule has 0 bridgehead atoms. The molecular weight excluding hydrogens is 276 g/mol. The maximum atomic E-state index is 12.2. The largest absolute Gasteiger partial charge is 0.493 e. The Morgan fingerprint density at radius 1 is 1.00 bits per heavy atom. The van der Waals surface area contributed by atoms with E-state index in [0.717, 1.165) is 36.0 Å². The molecule has 1 aliphatic carbocycles. The lowest BCUT2D eigenvalue weighted by atomic mass is 10.0. The first-order valence-corrected chi connectivity index (χ1v) is 7.69. The fraction of sp³-hybridized carbons (Fsp3) is 0.316. The van der Waals surface area contributed by atoms with Gasteiger partial charge in [0.2, 0.25) is 0 Å². The van der Waals surface area contributed by atoms with Crippen molar-refractivity contribution in [1.82, 2.24) is 0 Å². The summed E-state index contributed by atoms with van der Waals surface area (Å²) in [5, 5.41) is 0. The van der Waals surface area contributed by atoms with Gasteiger partial charge < -0.3 is 9.47 Å². The van der Waals surface area contributed by atoms with Gasteiger partial charge in [0, 0.05) is 12.0 Å². The number of ether oxygens (including phenoxy) is 2. The van der Waals surface area contributed by atoms with Crippen LogP contribution in [0.5, 0.6) is 11.5 Å². The van der Waals surface area contributed by atoms with Gasteiger partial charge in [0.1, 0.15) is 6.61 Å². The number of methoxy groups -OCH3 is 1. The average molecular weight is 296 g/mol. The highest BCUT2D eigenvalue weighted by Crippen LogP contribution is 2.34. The number of fused-ring (bicyclic) bond motifs is 1. The molecule has 0 heterocycles. The molecule has 1 aliphatic rings. The highest BCUT2D eigenvalue weighted by Gasteiger charge is 2.19. The van der Waals surface area contributed by atoms with E-state index in [0.29, 0.717) is 24.5 Å². The molecule has 0 aromatic heterocycles. The zero-order valence-electron chi connectivity index (χ0n) is 12.8. The van der Waals surface area contributed by atoms with Crippen LogP contribution >= 0.6 is 0 Å². The summed E-state index contributed by atoms with van der Waals surface area (Å²) < 4.78 is 11.3. The number of carbonyl (C=O) groups is 1. The number of rotatable bonds is 4. The Morgan fingerprint density at radius 3 is 2.55 bits per heavy atom. The maximum Gasteiger partial charge on any atom is 0.163 e. The summed E-state index contributed by atoms with van der Waals surface area (Å²) in [5.41, 5.74) is 2.98. The van der Waals surface area contributed by atoms with Gasteiger partial charge in [-0.3, -0.25) is 4.79 Å². The van der Waals surface area contributed by atoms with E-state index in [1.807, 2.05) is 42.5 Å². The zero-order chi connectivity index (χ0) is 15.4. The van der Waals surface area contributed by atoms with Crippen molar-refractivity contribution in [3.63, 3.8) is 0 Å². The Kier molecular flexibility index (Phi) is 4.42. The summed E-state index contributed by atoms with van der Waals surface area (Å²) >= 11 is 0. The normalized spacial score (nSPS) is 14.1. The summed E-state index contributed by atoms with van der Waals surface area (Å²) in [6, 6.07) is 13.8. The van der Waals surface area contributed by atoms with Crippen LogP contribution in [-0.4, -0.2) is 12.9 Å². The molecule has 114 valence electrons. The number of aryl methyl sites for hydroxylation is 1. The van der Waals surface area contributed by atoms with Gasteiger partial charge in [-0.15, -0.1) is 0 Å². The molecule has 2 aromatic rings. The minimum Gasteiger partial charge on any atom is -0.493 e. The molecular formula is C19H20O3. The van der Waals surface area contributed by atoms with E-state index in [2.05, 4.69) is 0 Å². The molecule has 3 nitrogen and oxygen atoms in total. The molecule has 3 heteroatoms. The summed E-state index contributed by atoms with van der Waals surface area (Å²) in [6.45, 7) is 0.490. The summed E-state index contributed by atoms with van der Waals surface area (Å²) in [6.07, 6.45) is 3.55. The van der Waals surface area contributed by atoms with Crippen molar-refractivity contribution in [2.45, 2.75) is 32.3 Å². The molecule has 0 radical (unpaired) electrons. The molecule has 0 aliphatic heterocycles. The highest BCUT2D eigenvalue weighted by molar-refractivity contribution is 5.98. The Morgan fingerprint density at radius 2 is 1.77 bits per heavy atom. The van der Waals surface area contributed by atoms with E-state index in [4.69, 9.17) is 9.47 Å². The Bertz CT molecular complexity index is 662. The van der Waals surface area contributed by atoms with Gasteiger partial charge >= 0.3 is 0 Å². The van der Waals surface area contributed by atoms with Crippen molar-refractivity contribution in [1.29, 1.82) is 0 Å². The predicted octanol–water partition coefficient (Wildman–Crippen LogP) is 4.18. The van der Waals surface area contributed by atoms with Crippen molar-refractivity contribution in [2.24, 2.45) is 0 Å². The van der Waals surface area contributed by atoms with Gasteiger partial charge in [0.05, 0.1) is 7.11 Å². The Balaban J connectivity index is 1.87. The molecule has 3 rings (SSSR count). The van der Waals surface area contributed by atoms with Crippen LogP contribution in [0.1, 0.15) is 40.7 Å². The number of ketones is 1. The predicted molar refractivity (Wildman–Crippen MR) is 85.7 cm³/mol. The van der Waals surface area contributed by atoms with Crippen molar-refractivity contribution in [2.75, 3.05) is 7.11 Å². The highest BCUT2D eigenvalue weighted by atomic mass is 16.5. The second-order valence-corrected chi connectivity index (χ2v) is 5.56.